The van der Waals surface area contributed by atoms with E-state index in [1.54, 1.807) is 0 Å². The summed E-state index contributed by atoms with van der Waals surface area (Å²) in [7, 11) is 0. The van der Waals surface area contributed by atoms with Gasteiger partial charge in [-0.05, 0) is 17.5 Å². The third kappa shape index (κ3) is 1.51. The van der Waals surface area contributed by atoms with Crippen LogP contribution < -0.4 is 5.73 Å². The Kier molecular flexibility index (Phi) is 2.22. The third-order valence-electron chi connectivity index (χ3n) is 3.16. The molecular weight excluding hydrogens is 200 g/mol. The first-order valence-corrected chi connectivity index (χ1v) is 5.53. The summed E-state index contributed by atoms with van der Waals surface area (Å²) in [5, 5.41) is 8.06. The number of nitrogens with two attached hydrogens (primary N) is 1. The van der Waals surface area contributed by atoms with Crippen molar-refractivity contribution in [2.24, 2.45) is 5.73 Å². The molecule has 0 saturated carbocycles. The minimum Gasteiger partial charge on any atom is -0.325 e. The van der Waals surface area contributed by atoms with Crippen molar-refractivity contribution in [2.75, 3.05) is 0 Å². The molecule has 2 N–H and O–H groups in total. The van der Waals surface area contributed by atoms with E-state index < -0.39 is 0 Å². The fourth-order valence-corrected chi connectivity index (χ4v) is 2.27. The van der Waals surface area contributed by atoms with Gasteiger partial charge in [0.1, 0.15) is 0 Å². The molecule has 82 valence electrons. The fourth-order valence-electron chi connectivity index (χ4n) is 2.27. The van der Waals surface area contributed by atoms with Gasteiger partial charge in [-0.25, -0.2) is 0 Å². The van der Waals surface area contributed by atoms with Crippen LogP contribution in [0, 0.1) is 0 Å². The molecule has 1 aromatic heterocycles. The molecule has 1 unspecified atom stereocenters. The third-order valence-corrected chi connectivity index (χ3v) is 3.16. The molecule has 0 amide bonds. The van der Waals surface area contributed by atoms with Crippen molar-refractivity contribution in [3.05, 3.63) is 47.3 Å². The van der Waals surface area contributed by atoms with Crippen molar-refractivity contribution in [2.45, 2.75) is 25.4 Å². The second-order valence-electron chi connectivity index (χ2n) is 4.24. The van der Waals surface area contributed by atoms with Crippen molar-refractivity contribution in [3.63, 3.8) is 0 Å². The SMILES string of the molecule is NCc1cn(CC2Cc3ccccc32)nn1. The Hall–Kier alpha value is -1.68. The summed E-state index contributed by atoms with van der Waals surface area (Å²) in [6.07, 6.45) is 3.08. The number of fused-ring (bicyclic) bond motifs is 1. The van der Waals surface area contributed by atoms with Crippen LogP contribution in [0.15, 0.2) is 30.5 Å². The molecule has 0 saturated heterocycles. The maximum atomic E-state index is 5.50. The Labute approximate surface area is 94.1 Å². The first kappa shape index (κ1) is 9.54. The average molecular weight is 214 g/mol. The van der Waals surface area contributed by atoms with Crippen molar-refractivity contribution < 1.29 is 0 Å². The molecule has 4 nitrogen and oxygen atoms in total. The zero-order valence-electron chi connectivity index (χ0n) is 9.00. The van der Waals surface area contributed by atoms with Gasteiger partial charge >= 0.3 is 0 Å². The molecule has 4 heteroatoms. The lowest BCUT2D eigenvalue weighted by Gasteiger charge is -2.29. The molecule has 0 radical (unpaired) electrons. The van der Waals surface area contributed by atoms with Crippen LogP contribution in [0.2, 0.25) is 0 Å². The van der Waals surface area contributed by atoms with Gasteiger partial charge in [-0.2, -0.15) is 0 Å². The average Bonchev–Trinajstić information content (AvgIpc) is 2.74. The van der Waals surface area contributed by atoms with Gasteiger partial charge in [0, 0.05) is 25.2 Å². The quantitative estimate of drug-likeness (QED) is 0.831. The molecule has 1 aliphatic carbocycles. The Morgan fingerprint density at radius 1 is 1.38 bits per heavy atom. The van der Waals surface area contributed by atoms with Crippen LogP contribution in [-0.2, 0) is 19.5 Å². The second-order valence-corrected chi connectivity index (χ2v) is 4.24. The van der Waals surface area contributed by atoms with Gasteiger partial charge in [-0.1, -0.05) is 29.5 Å². The number of hydrogen-bond donors (Lipinski definition) is 1. The zero-order chi connectivity index (χ0) is 11.0. The maximum Gasteiger partial charge on any atom is 0.0962 e. The highest BCUT2D eigenvalue weighted by atomic mass is 15.4. The maximum absolute atomic E-state index is 5.50. The van der Waals surface area contributed by atoms with Crippen LogP contribution in [0.1, 0.15) is 22.7 Å². The van der Waals surface area contributed by atoms with Crippen LogP contribution in [0.25, 0.3) is 0 Å². The monoisotopic (exact) mass is 214 g/mol. The summed E-state index contributed by atoms with van der Waals surface area (Å²) in [6, 6.07) is 8.58. The van der Waals surface area contributed by atoms with E-state index >= 15 is 0 Å². The van der Waals surface area contributed by atoms with Gasteiger partial charge in [0.05, 0.1) is 5.69 Å². The highest BCUT2D eigenvalue weighted by Gasteiger charge is 2.25. The van der Waals surface area contributed by atoms with Crippen molar-refractivity contribution in [1.82, 2.24) is 15.0 Å². The summed E-state index contributed by atoms with van der Waals surface area (Å²) in [5.74, 6) is 0.587. The smallest absolute Gasteiger partial charge is 0.0962 e. The zero-order valence-corrected chi connectivity index (χ0v) is 9.00. The second kappa shape index (κ2) is 3.72. The standard InChI is InChI=1S/C12H14N4/c13-6-11-8-16(15-14-11)7-10-5-9-3-1-2-4-12(9)10/h1-4,8,10H,5-7,13H2. The topological polar surface area (TPSA) is 56.7 Å². The lowest BCUT2D eigenvalue weighted by atomic mass is 9.78. The van der Waals surface area contributed by atoms with E-state index in [1.807, 2.05) is 10.9 Å². The van der Waals surface area contributed by atoms with Crippen molar-refractivity contribution in [3.8, 4) is 0 Å². The molecule has 1 aliphatic rings. The highest BCUT2D eigenvalue weighted by molar-refractivity contribution is 5.39. The molecule has 0 fully saturated rings. The number of nitrogens with zero attached hydrogens (tertiary/aromatic N) is 3. The van der Waals surface area contributed by atoms with E-state index in [0.29, 0.717) is 12.5 Å². The molecule has 1 aromatic carbocycles. The minimum atomic E-state index is 0.460. The van der Waals surface area contributed by atoms with E-state index in [4.69, 9.17) is 5.73 Å². The molecule has 0 aliphatic heterocycles. The fraction of sp³-hybridized carbons (Fsp3) is 0.333. The number of rotatable bonds is 3. The molecular formula is C12H14N4. The van der Waals surface area contributed by atoms with Gasteiger partial charge in [0.25, 0.3) is 0 Å². The normalized spacial score (nSPS) is 17.9. The summed E-state index contributed by atoms with van der Waals surface area (Å²) in [6.45, 7) is 1.37. The van der Waals surface area contributed by atoms with Crippen LogP contribution in [0.3, 0.4) is 0 Å². The van der Waals surface area contributed by atoms with Crippen LogP contribution in [-0.4, -0.2) is 15.0 Å². The Morgan fingerprint density at radius 3 is 3.00 bits per heavy atom. The van der Waals surface area contributed by atoms with Crippen molar-refractivity contribution in [1.29, 1.82) is 0 Å². The molecule has 2 aromatic rings. The lowest BCUT2D eigenvalue weighted by Crippen LogP contribution is -2.22. The Morgan fingerprint density at radius 2 is 2.25 bits per heavy atom. The predicted octanol–water partition coefficient (Wildman–Crippen LogP) is 1.08. The number of hydrogen-bond acceptors (Lipinski definition) is 3. The van der Waals surface area contributed by atoms with E-state index in [-0.39, 0.29) is 0 Å². The van der Waals surface area contributed by atoms with Crippen LogP contribution >= 0.6 is 0 Å². The summed E-state index contributed by atoms with van der Waals surface area (Å²) < 4.78 is 1.89. The van der Waals surface area contributed by atoms with Crippen LogP contribution in [0.5, 0.6) is 0 Å². The number of aromatic nitrogens is 3. The molecule has 16 heavy (non-hydrogen) atoms. The van der Waals surface area contributed by atoms with Gasteiger partial charge in [0.15, 0.2) is 0 Å². The first-order chi connectivity index (χ1) is 7.86. The Balaban J connectivity index is 1.74. The molecule has 1 heterocycles. The van der Waals surface area contributed by atoms with Crippen molar-refractivity contribution >= 4 is 0 Å². The predicted molar refractivity (Wildman–Crippen MR) is 60.8 cm³/mol. The molecule has 0 bridgehead atoms. The first-order valence-electron chi connectivity index (χ1n) is 5.53. The van der Waals surface area contributed by atoms with Crippen LogP contribution in [0.4, 0.5) is 0 Å². The number of benzene rings is 1. The minimum absolute atomic E-state index is 0.460. The lowest BCUT2D eigenvalue weighted by molar-refractivity contribution is 0.465. The summed E-state index contributed by atoms with van der Waals surface area (Å²) in [4.78, 5) is 0. The van der Waals surface area contributed by atoms with Gasteiger partial charge in [-0.15, -0.1) is 5.10 Å². The molecule has 0 spiro atoms. The molecule has 1 atom stereocenters. The highest BCUT2D eigenvalue weighted by Crippen LogP contribution is 2.35. The largest absolute Gasteiger partial charge is 0.325 e. The summed E-state index contributed by atoms with van der Waals surface area (Å²) >= 11 is 0. The van der Waals surface area contributed by atoms with Gasteiger partial charge in [-0.3, -0.25) is 4.68 Å². The van der Waals surface area contributed by atoms with E-state index in [1.165, 1.54) is 11.1 Å². The Bertz CT molecular complexity index is 503. The van der Waals surface area contributed by atoms with E-state index in [0.717, 1.165) is 18.7 Å². The van der Waals surface area contributed by atoms with Gasteiger partial charge < -0.3 is 5.73 Å². The molecule has 3 rings (SSSR count). The van der Waals surface area contributed by atoms with Gasteiger partial charge in [0.2, 0.25) is 0 Å². The van der Waals surface area contributed by atoms with E-state index in [2.05, 4.69) is 34.6 Å². The van der Waals surface area contributed by atoms with E-state index in [9.17, 15) is 0 Å². The summed E-state index contributed by atoms with van der Waals surface area (Å²) in [5.41, 5.74) is 9.27.